The highest BCUT2D eigenvalue weighted by Gasteiger charge is 2.55. The van der Waals surface area contributed by atoms with Crippen LogP contribution in [-0.2, 0) is 0 Å². The van der Waals surface area contributed by atoms with Crippen molar-refractivity contribution in [3.63, 3.8) is 0 Å². The molecule has 0 saturated heterocycles. The molecule has 2 saturated carbocycles. The van der Waals surface area contributed by atoms with Crippen molar-refractivity contribution in [2.45, 2.75) is 71.5 Å². The minimum atomic E-state index is -0.882. The summed E-state index contributed by atoms with van der Waals surface area (Å²) in [5, 5.41) is 31.4. The molecule has 23 heavy (non-hydrogen) atoms. The number of aliphatic hydroxyl groups is 3. The van der Waals surface area contributed by atoms with Crippen LogP contribution in [0.15, 0.2) is 11.6 Å². The molecule has 2 fully saturated rings. The van der Waals surface area contributed by atoms with E-state index in [2.05, 4.69) is 26.8 Å². The lowest BCUT2D eigenvalue weighted by molar-refractivity contribution is -0.0709. The summed E-state index contributed by atoms with van der Waals surface area (Å²) >= 11 is 0. The molecule has 0 spiro atoms. The van der Waals surface area contributed by atoms with Gasteiger partial charge in [0.05, 0.1) is 11.7 Å². The largest absolute Gasteiger partial charge is 0.396 e. The van der Waals surface area contributed by atoms with Crippen LogP contribution >= 0.6 is 0 Å². The topological polar surface area (TPSA) is 60.7 Å². The highest BCUT2D eigenvalue weighted by atomic mass is 16.3. The van der Waals surface area contributed by atoms with Crippen molar-refractivity contribution in [1.29, 1.82) is 0 Å². The van der Waals surface area contributed by atoms with Crippen molar-refractivity contribution in [3.05, 3.63) is 11.6 Å². The third-order valence-electron chi connectivity index (χ3n) is 7.31. The van der Waals surface area contributed by atoms with Gasteiger partial charge in [0, 0.05) is 12.5 Å². The second-order valence-electron chi connectivity index (χ2n) is 9.31. The molecule has 3 rings (SSSR count). The maximum Gasteiger partial charge on any atom is 0.0709 e. The molecular formula is C20H34O3. The highest BCUT2D eigenvalue weighted by Crippen LogP contribution is 2.58. The Bertz CT molecular complexity index is 481. The molecule has 0 aromatic heterocycles. The zero-order valence-electron chi connectivity index (χ0n) is 15.1. The predicted octanol–water partition coefficient (Wildman–Crippen LogP) is 3.14. The van der Waals surface area contributed by atoms with Gasteiger partial charge in [-0.1, -0.05) is 32.4 Å². The van der Waals surface area contributed by atoms with Gasteiger partial charge in [0.15, 0.2) is 0 Å². The highest BCUT2D eigenvalue weighted by molar-refractivity contribution is 5.26. The van der Waals surface area contributed by atoms with E-state index in [1.807, 2.05) is 6.92 Å². The van der Waals surface area contributed by atoms with Gasteiger partial charge in [-0.2, -0.15) is 0 Å². The number of rotatable bonds is 2. The molecular weight excluding hydrogens is 288 g/mol. The van der Waals surface area contributed by atoms with Crippen molar-refractivity contribution < 1.29 is 15.3 Å². The first-order chi connectivity index (χ1) is 10.7. The Morgan fingerprint density at radius 1 is 1.30 bits per heavy atom. The standard InChI is InChI=1S/C20H34O3/c1-12(2)14-5-7-19(3)10-15-13(11-21)9-17(22)18(15)20(4,23)8-6-16(14)19/h6,12-15,17-18,21-23H,5,7-11H2,1-4H3/t13-,14-,15+,17-,18+,19+,20-/m0/s1. The van der Waals surface area contributed by atoms with Crippen LogP contribution in [-0.4, -0.2) is 33.6 Å². The molecule has 132 valence electrons. The van der Waals surface area contributed by atoms with E-state index < -0.39 is 11.7 Å². The molecule has 0 amide bonds. The minimum absolute atomic E-state index is 0.118. The summed E-state index contributed by atoms with van der Waals surface area (Å²) in [4.78, 5) is 0. The van der Waals surface area contributed by atoms with Gasteiger partial charge in [0.25, 0.3) is 0 Å². The molecule has 0 heterocycles. The van der Waals surface area contributed by atoms with Gasteiger partial charge in [0.2, 0.25) is 0 Å². The Hall–Kier alpha value is -0.380. The van der Waals surface area contributed by atoms with Crippen LogP contribution < -0.4 is 0 Å². The van der Waals surface area contributed by atoms with Gasteiger partial charge in [-0.05, 0) is 68.1 Å². The van der Waals surface area contributed by atoms with E-state index in [0.717, 1.165) is 6.42 Å². The van der Waals surface area contributed by atoms with Gasteiger partial charge in [-0.25, -0.2) is 0 Å². The molecule has 0 aromatic carbocycles. The Morgan fingerprint density at radius 2 is 2.00 bits per heavy atom. The van der Waals surface area contributed by atoms with Gasteiger partial charge in [-0.3, -0.25) is 0 Å². The van der Waals surface area contributed by atoms with Gasteiger partial charge < -0.3 is 15.3 Å². The first-order valence-corrected chi connectivity index (χ1v) is 9.41. The summed E-state index contributed by atoms with van der Waals surface area (Å²) in [5.41, 5.74) is 0.822. The van der Waals surface area contributed by atoms with E-state index in [1.54, 1.807) is 0 Å². The van der Waals surface area contributed by atoms with E-state index in [0.29, 0.717) is 24.7 Å². The summed E-state index contributed by atoms with van der Waals surface area (Å²) in [6, 6.07) is 0. The van der Waals surface area contributed by atoms with Crippen LogP contribution in [0.25, 0.3) is 0 Å². The lowest BCUT2D eigenvalue weighted by atomic mass is 9.64. The third-order valence-corrected chi connectivity index (χ3v) is 7.31. The van der Waals surface area contributed by atoms with Crippen molar-refractivity contribution in [3.8, 4) is 0 Å². The maximum atomic E-state index is 11.1. The molecule has 3 nitrogen and oxygen atoms in total. The molecule has 0 aliphatic heterocycles. The van der Waals surface area contributed by atoms with E-state index in [1.165, 1.54) is 18.4 Å². The molecule has 0 aromatic rings. The summed E-state index contributed by atoms with van der Waals surface area (Å²) in [7, 11) is 0. The SMILES string of the molecule is CC(C)[C@@H]1CC[C@]2(C)C[C@@H]3[C@H](CO)C[C@H](O)[C@@H]3[C@@](C)(O)CC=C12. The van der Waals surface area contributed by atoms with E-state index in [4.69, 9.17) is 0 Å². The van der Waals surface area contributed by atoms with Crippen molar-refractivity contribution in [2.24, 2.45) is 35.0 Å². The van der Waals surface area contributed by atoms with Crippen LogP contribution in [0.3, 0.4) is 0 Å². The van der Waals surface area contributed by atoms with E-state index in [9.17, 15) is 15.3 Å². The Kier molecular flexibility index (Phi) is 4.44. The molecule has 7 atom stereocenters. The van der Waals surface area contributed by atoms with Crippen molar-refractivity contribution >= 4 is 0 Å². The molecule has 0 radical (unpaired) electrons. The first kappa shape index (κ1) is 17.4. The second kappa shape index (κ2) is 5.86. The summed E-state index contributed by atoms with van der Waals surface area (Å²) in [6.45, 7) is 8.97. The first-order valence-electron chi connectivity index (χ1n) is 9.41. The Balaban J connectivity index is 2.01. The lowest BCUT2D eigenvalue weighted by Gasteiger charge is -2.43. The average molecular weight is 322 g/mol. The second-order valence-corrected chi connectivity index (χ2v) is 9.31. The van der Waals surface area contributed by atoms with Crippen molar-refractivity contribution in [2.75, 3.05) is 6.61 Å². The third kappa shape index (κ3) is 2.79. The monoisotopic (exact) mass is 322 g/mol. The number of allylic oxidation sites excluding steroid dienone is 1. The zero-order valence-corrected chi connectivity index (χ0v) is 15.1. The fraction of sp³-hybridized carbons (Fsp3) is 0.900. The number of hydrogen-bond donors (Lipinski definition) is 3. The number of aliphatic hydroxyl groups excluding tert-OH is 2. The van der Waals surface area contributed by atoms with Crippen LogP contribution in [0.2, 0.25) is 0 Å². The molecule has 0 bridgehead atoms. The number of hydrogen-bond acceptors (Lipinski definition) is 3. The van der Waals surface area contributed by atoms with Gasteiger partial charge in [0.1, 0.15) is 0 Å². The van der Waals surface area contributed by atoms with Crippen LogP contribution in [0.1, 0.15) is 59.8 Å². The van der Waals surface area contributed by atoms with Crippen molar-refractivity contribution in [1.82, 2.24) is 0 Å². The maximum absolute atomic E-state index is 11.1. The van der Waals surface area contributed by atoms with Gasteiger partial charge >= 0.3 is 0 Å². The quantitative estimate of drug-likeness (QED) is 0.685. The molecule has 3 heteroatoms. The Labute approximate surface area is 140 Å². The van der Waals surface area contributed by atoms with Crippen LogP contribution in [0, 0.1) is 35.0 Å². The smallest absolute Gasteiger partial charge is 0.0709 e. The molecule has 3 aliphatic rings. The zero-order chi connectivity index (χ0) is 17.0. The lowest BCUT2D eigenvalue weighted by Crippen LogP contribution is -2.45. The molecule has 0 unspecified atom stereocenters. The molecule has 3 aliphatic carbocycles. The fourth-order valence-electron chi connectivity index (χ4n) is 6.09. The summed E-state index contributed by atoms with van der Waals surface area (Å²) in [6.07, 6.45) is 6.47. The summed E-state index contributed by atoms with van der Waals surface area (Å²) in [5.74, 6) is 1.46. The normalized spacial score (nSPS) is 50.3. The van der Waals surface area contributed by atoms with E-state index in [-0.39, 0.29) is 29.8 Å². The van der Waals surface area contributed by atoms with Gasteiger partial charge in [-0.15, -0.1) is 0 Å². The van der Waals surface area contributed by atoms with Crippen LogP contribution in [0.4, 0.5) is 0 Å². The Morgan fingerprint density at radius 3 is 2.61 bits per heavy atom. The fourth-order valence-corrected chi connectivity index (χ4v) is 6.09. The van der Waals surface area contributed by atoms with Crippen LogP contribution in [0.5, 0.6) is 0 Å². The minimum Gasteiger partial charge on any atom is -0.396 e. The molecule has 3 N–H and O–H groups in total. The number of fused-ring (bicyclic) bond motifs is 2. The summed E-state index contributed by atoms with van der Waals surface area (Å²) < 4.78 is 0. The predicted molar refractivity (Wildman–Crippen MR) is 91.8 cm³/mol. The van der Waals surface area contributed by atoms with E-state index >= 15 is 0 Å². The average Bonchev–Trinajstić information content (AvgIpc) is 2.93.